The Hall–Kier alpha value is -2.12. The molecule has 3 rings (SSSR count). The van der Waals surface area contributed by atoms with Gasteiger partial charge in [0, 0.05) is 10.6 Å². The molecule has 0 atom stereocenters. The van der Waals surface area contributed by atoms with Gasteiger partial charge in [0.2, 0.25) is 0 Å². The van der Waals surface area contributed by atoms with Crippen LogP contribution in [0.25, 0.3) is 11.1 Å². The Morgan fingerprint density at radius 2 is 1.54 bits per heavy atom. The van der Waals surface area contributed by atoms with Crippen molar-refractivity contribution in [1.82, 2.24) is 10.3 Å². The van der Waals surface area contributed by atoms with Gasteiger partial charge in [-0.15, -0.1) is 0 Å². The van der Waals surface area contributed by atoms with Crippen molar-refractivity contribution in [3.05, 3.63) is 79.8 Å². The van der Waals surface area contributed by atoms with Crippen molar-refractivity contribution < 1.29 is 9.59 Å². The molecule has 0 radical (unpaired) electrons. The van der Waals surface area contributed by atoms with Crippen LogP contribution in [0.3, 0.4) is 0 Å². The van der Waals surface area contributed by atoms with Crippen molar-refractivity contribution in [3.63, 3.8) is 0 Å². The lowest BCUT2D eigenvalue weighted by Crippen LogP contribution is -2.34. The number of imide groups is 1. The standard InChI is InChI=1S/C19H11BrCl3N3O2/c20-17-12(10-4-6-11(21)7-5-10)8-9-15(24-17)25-19(28)26-18(27)16-13(22)2-1-3-14(16)23/h1-9H,(H2,24,25,26,27,28). The number of carbonyl (C=O) groups is 2. The number of amides is 3. The molecule has 5 nitrogen and oxygen atoms in total. The highest BCUT2D eigenvalue weighted by Crippen LogP contribution is 2.29. The highest BCUT2D eigenvalue weighted by atomic mass is 79.9. The van der Waals surface area contributed by atoms with Crippen LogP contribution in [0.4, 0.5) is 10.6 Å². The molecule has 3 aromatic rings. The van der Waals surface area contributed by atoms with Crippen LogP contribution >= 0.6 is 50.7 Å². The largest absolute Gasteiger partial charge is 0.327 e. The van der Waals surface area contributed by atoms with Crippen LogP contribution in [0.15, 0.2) is 59.2 Å². The summed E-state index contributed by atoms with van der Waals surface area (Å²) >= 11 is 21.2. The predicted octanol–water partition coefficient (Wildman–Crippen LogP) is 6.43. The minimum atomic E-state index is -0.764. The van der Waals surface area contributed by atoms with Crippen LogP contribution in [-0.4, -0.2) is 16.9 Å². The number of carbonyl (C=O) groups excluding carboxylic acids is 2. The van der Waals surface area contributed by atoms with Gasteiger partial charge in [-0.1, -0.05) is 53.0 Å². The first kappa shape index (κ1) is 20.6. The first-order valence-corrected chi connectivity index (χ1v) is 9.76. The molecule has 3 amide bonds. The van der Waals surface area contributed by atoms with Gasteiger partial charge in [0.25, 0.3) is 5.91 Å². The van der Waals surface area contributed by atoms with Gasteiger partial charge >= 0.3 is 6.03 Å². The summed E-state index contributed by atoms with van der Waals surface area (Å²) in [4.78, 5) is 28.6. The highest BCUT2D eigenvalue weighted by Gasteiger charge is 2.17. The average Bonchev–Trinajstić information content (AvgIpc) is 2.62. The second-order valence-electron chi connectivity index (χ2n) is 5.55. The molecule has 0 bridgehead atoms. The van der Waals surface area contributed by atoms with Crippen LogP contribution < -0.4 is 10.6 Å². The van der Waals surface area contributed by atoms with E-state index in [2.05, 4.69) is 31.5 Å². The molecule has 142 valence electrons. The van der Waals surface area contributed by atoms with Gasteiger partial charge in [-0.3, -0.25) is 15.4 Å². The monoisotopic (exact) mass is 497 g/mol. The lowest BCUT2D eigenvalue weighted by molar-refractivity contribution is 0.0967. The van der Waals surface area contributed by atoms with E-state index in [4.69, 9.17) is 34.8 Å². The molecule has 0 spiro atoms. The summed E-state index contributed by atoms with van der Waals surface area (Å²) in [7, 11) is 0. The van der Waals surface area contributed by atoms with E-state index in [1.165, 1.54) is 12.1 Å². The van der Waals surface area contributed by atoms with Crippen LogP contribution in [0.1, 0.15) is 10.4 Å². The third-order valence-corrected chi connectivity index (χ3v) is 5.15. The number of benzene rings is 2. The minimum absolute atomic E-state index is 0.0215. The Morgan fingerprint density at radius 1 is 0.893 bits per heavy atom. The number of nitrogens with zero attached hydrogens (tertiary/aromatic N) is 1. The molecule has 0 fully saturated rings. The highest BCUT2D eigenvalue weighted by molar-refractivity contribution is 9.10. The first-order chi connectivity index (χ1) is 13.3. The molecule has 0 saturated carbocycles. The topological polar surface area (TPSA) is 71.1 Å². The summed E-state index contributed by atoms with van der Waals surface area (Å²) in [6, 6.07) is 14.5. The molecular weight excluding hydrogens is 488 g/mol. The second-order valence-corrected chi connectivity index (χ2v) is 7.55. The molecule has 1 heterocycles. The van der Waals surface area contributed by atoms with Crippen LogP contribution in [0.5, 0.6) is 0 Å². The van der Waals surface area contributed by atoms with E-state index >= 15 is 0 Å². The van der Waals surface area contributed by atoms with Gasteiger partial charge in [-0.25, -0.2) is 9.78 Å². The lowest BCUT2D eigenvalue weighted by Gasteiger charge is -2.10. The molecule has 0 aliphatic heterocycles. The molecule has 0 aliphatic rings. The Morgan fingerprint density at radius 3 is 2.14 bits per heavy atom. The maximum absolute atomic E-state index is 12.2. The molecule has 1 aromatic heterocycles. The van der Waals surface area contributed by atoms with E-state index in [9.17, 15) is 9.59 Å². The van der Waals surface area contributed by atoms with Crippen molar-refractivity contribution in [1.29, 1.82) is 0 Å². The van der Waals surface area contributed by atoms with Gasteiger partial charge < -0.3 is 0 Å². The van der Waals surface area contributed by atoms with E-state index in [0.29, 0.717) is 9.63 Å². The van der Waals surface area contributed by atoms with E-state index in [1.807, 2.05) is 12.1 Å². The van der Waals surface area contributed by atoms with Crippen LogP contribution in [0, 0.1) is 0 Å². The summed E-state index contributed by atoms with van der Waals surface area (Å²) in [5, 5.41) is 5.58. The van der Waals surface area contributed by atoms with Gasteiger partial charge in [-0.2, -0.15) is 0 Å². The van der Waals surface area contributed by atoms with E-state index in [1.54, 1.807) is 30.3 Å². The second kappa shape index (κ2) is 8.92. The van der Waals surface area contributed by atoms with Crippen molar-refractivity contribution in [2.75, 3.05) is 5.32 Å². The number of anilines is 1. The van der Waals surface area contributed by atoms with Crippen molar-refractivity contribution >= 4 is 68.5 Å². The third-order valence-electron chi connectivity index (χ3n) is 3.66. The van der Waals surface area contributed by atoms with Gasteiger partial charge in [-0.05, 0) is 57.9 Å². The molecule has 0 aliphatic carbocycles. The molecular formula is C19H11BrCl3N3O2. The number of hydrogen-bond donors (Lipinski definition) is 2. The van der Waals surface area contributed by atoms with Gasteiger partial charge in [0.15, 0.2) is 0 Å². The van der Waals surface area contributed by atoms with Gasteiger partial charge in [0.05, 0.1) is 15.6 Å². The van der Waals surface area contributed by atoms with Crippen molar-refractivity contribution in [2.24, 2.45) is 0 Å². The fraction of sp³-hybridized carbons (Fsp3) is 0. The fourth-order valence-electron chi connectivity index (χ4n) is 2.38. The smallest absolute Gasteiger partial charge is 0.292 e. The molecule has 28 heavy (non-hydrogen) atoms. The zero-order valence-electron chi connectivity index (χ0n) is 14.0. The van der Waals surface area contributed by atoms with E-state index in [-0.39, 0.29) is 21.4 Å². The normalized spacial score (nSPS) is 10.4. The number of aromatic nitrogens is 1. The summed E-state index contributed by atoms with van der Waals surface area (Å²) in [6.45, 7) is 0. The number of urea groups is 1. The fourth-order valence-corrected chi connectivity index (χ4v) is 3.62. The molecule has 0 saturated heterocycles. The molecule has 9 heteroatoms. The lowest BCUT2D eigenvalue weighted by atomic mass is 10.1. The Balaban J connectivity index is 1.71. The average molecular weight is 500 g/mol. The minimum Gasteiger partial charge on any atom is -0.292 e. The third kappa shape index (κ3) is 4.83. The van der Waals surface area contributed by atoms with Crippen LogP contribution in [0.2, 0.25) is 15.1 Å². The summed E-state index contributed by atoms with van der Waals surface area (Å²) in [5.74, 6) is -0.468. The zero-order valence-corrected chi connectivity index (χ0v) is 17.8. The Kier molecular flexibility index (Phi) is 6.57. The number of nitrogens with one attached hydrogen (secondary N) is 2. The predicted molar refractivity (Wildman–Crippen MR) is 115 cm³/mol. The number of halogens is 4. The number of pyridine rings is 1. The summed E-state index contributed by atoms with van der Waals surface area (Å²) in [6.07, 6.45) is 0. The summed E-state index contributed by atoms with van der Waals surface area (Å²) in [5.41, 5.74) is 1.75. The molecule has 0 unspecified atom stereocenters. The Labute approximate surface area is 184 Å². The van der Waals surface area contributed by atoms with Crippen molar-refractivity contribution in [3.8, 4) is 11.1 Å². The van der Waals surface area contributed by atoms with Gasteiger partial charge in [0.1, 0.15) is 10.4 Å². The van der Waals surface area contributed by atoms with E-state index in [0.717, 1.165) is 11.1 Å². The van der Waals surface area contributed by atoms with E-state index < -0.39 is 11.9 Å². The maximum Gasteiger partial charge on any atom is 0.327 e. The SMILES string of the molecule is O=C(NC(=O)c1c(Cl)cccc1Cl)Nc1ccc(-c2ccc(Cl)cc2)c(Br)n1. The molecule has 2 aromatic carbocycles. The van der Waals surface area contributed by atoms with Crippen molar-refractivity contribution in [2.45, 2.75) is 0 Å². The first-order valence-electron chi connectivity index (χ1n) is 7.84. The summed E-state index contributed by atoms with van der Waals surface area (Å²) < 4.78 is 0.521. The Bertz CT molecular complexity index is 1040. The quantitative estimate of drug-likeness (QED) is 0.408. The number of hydrogen-bond acceptors (Lipinski definition) is 3. The number of rotatable bonds is 3. The van der Waals surface area contributed by atoms with Crippen LogP contribution in [-0.2, 0) is 0 Å². The maximum atomic E-state index is 12.2. The zero-order chi connectivity index (χ0) is 20.3. The molecule has 2 N–H and O–H groups in total.